The summed E-state index contributed by atoms with van der Waals surface area (Å²) in [7, 11) is -3.18. The van der Waals surface area contributed by atoms with Gasteiger partial charge in [-0.25, -0.2) is 22.0 Å². The Morgan fingerprint density at radius 2 is 1.90 bits per heavy atom. The summed E-state index contributed by atoms with van der Waals surface area (Å²) in [6.45, 7) is 0. The zero-order valence-corrected chi connectivity index (χ0v) is 11.8. The van der Waals surface area contributed by atoms with Crippen LogP contribution in [0, 0.1) is 11.6 Å². The Kier molecular flexibility index (Phi) is 3.01. The molecule has 8 heteroatoms. The maximum absolute atomic E-state index is 13.4. The van der Waals surface area contributed by atoms with E-state index in [0.29, 0.717) is 6.07 Å². The van der Waals surface area contributed by atoms with Crippen molar-refractivity contribution in [1.29, 1.82) is 0 Å². The van der Waals surface area contributed by atoms with Crippen LogP contribution in [0.5, 0.6) is 0 Å². The number of rotatable bonds is 2. The molecule has 1 aliphatic heterocycles. The topological polar surface area (TPSA) is 63.7 Å². The predicted octanol–water partition coefficient (Wildman–Crippen LogP) is 1.74. The molecule has 5 nitrogen and oxygen atoms in total. The second kappa shape index (κ2) is 4.52. The second-order valence-electron chi connectivity index (χ2n) is 4.86. The molecule has 112 valence electrons. The molecule has 2 aliphatic rings. The quantitative estimate of drug-likeness (QED) is 0.614. The molecule has 0 aromatic heterocycles. The number of hydrogen-bond donors (Lipinski definition) is 0. The lowest BCUT2D eigenvalue weighted by Crippen LogP contribution is -2.30. The Balaban J connectivity index is 2.26. The van der Waals surface area contributed by atoms with Crippen molar-refractivity contribution in [3.63, 3.8) is 0 Å². The highest BCUT2D eigenvalue weighted by Crippen LogP contribution is 2.42. The number of sulfone groups is 1. The monoisotopic (exact) mass is 315 g/mol. The molecule has 0 spiro atoms. The van der Waals surface area contributed by atoms with E-state index in [1.54, 1.807) is 0 Å². The van der Waals surface area contributed by atoms with Gasteiger partial charge < -0.3 is 9.64 Å². The fourth-order valence-electron chi connectivity index (χ4n) is 2.24. The van der Waals surface area contributed by atoms with Crippen LogP contribution in [0.15, 0.2) is 28.1 Å². The van der Waals surface area contributed by atoms with Gasteiger partial charge in [-0.05, 0) is 18.9 Å². The standard InChI is InChI=1S/C13H11F2NO4S/c1-20-13(17)12-6-16(7-2-3-7)10-4-8(14)9(15)5-11(10)21(12,18)19/h4-7H,2-3H2,1H3. The van der Waals surface area contributed by atoms with Crippen molar-refractivity contribution in [2.75, 3.05) is 12.0 Å². The zero-order valence-electron chi connectivity index (χ0n) is 11.0. The number of fused-ring (bicyclic) bond motifs is 1. The van der Waals surface area contributed by atoms with Crippen LogP contribution in [0.1, 0.15) is 12.8 Å². The zero-order chi connectivity index (χ0) is 15.4. The van der Waals surface area contributed by atoms with Crippen molar-refractivity contribution < 1.29 is 26.7 Å². The van der Waals surface area contributed by atoms with E-state index < -0.39 is 37.2 Å². The second-order valence-corrected chi connectivity index (χ2v) is 6.75. The van der Waals surface area contributed by atoms with E-state index in [-0.39, 0.29) is 11.7 Å². The largest absolute Gasteiger partial charge is 0.465 e. The van der Waals surface area contributed by atoms with Gasteiger partial charge in [-0.15, -0.1) is 0 Å². The Bertz CT molecular complexity index is 769. The molecule has 1 aromatic rings. The number of halogens is 2. The number of ether oxygens (including phenoxy) is 1. The maximum Gasteiger partial charge on any atom is 0.351 e. The van der Waals surface area contributed by atoms with E-state index in [0.717, 1.165) is 32.2 Å². The van der Waals surface area contributed by atoms with E-state index >= 15 is 0 Å². The average Bonchev–Trinajstić information content (AvgIpc) is 3.25. The maximum atomic E-state index is 13.4. The lowest BCUT2D eigenvalue weighted by atomic mass is 10.2. The lowest BCUT2D eigenvalue weighted by Gasteiger charge is -2.28. The number of hydrogen-bond acceptors (Lipinski definition) is 5. The van der Waals surface area contributed by atoms with Crippen molar-refractivity contribution in [3.8, 4) is 0 Å². The van der Waals surface area contributed by atoms with Crippen LogP contribution in [0.3, 0.4) is 0 Å². The van der Waals surface area contributed by atoms with Gasteiger partial charge in [0.2, 0.25) is 9.84 Å². The summed E-state index contributed by atoms with van der Waals surface area (Å²) in [5.41, 5.74) is 0.0454. The summed E-state index contributed by atoms with van der Waals surface area (Å²) in [5, 5.41) is 0. The van der Waals surface area contributed by atoms with Crippen molar-refractivity contribution >= 4 is 21.5 Å². The van der Waals surface area contributed by atoms with Gasteiger partial charge >= 0.3 is 5.97 Å². The van der Waals surface area contributed by atoms with Crippen LogP contribution in [-0.4, -0.2) is 27.5 Å². The molecular formula is C13H11F2NO4S. The van der Waals surface area contributed by atoms with Crippen LogP contribution in [-0.2, 0) is 19.4 Å². The number of esters is 1. The summed E-state index contributed by atoms with van der Waals surface area (Å²) < 4.78 is 56.0. The summed E-state index contributed by atoms with van der Waals surface area (Å²) in [6, 6.07) is 1.42. The third-order valence-corrected chi connectivity index (χ3v) is 5.20. The molecule has 1 fully saturated rings. The summed E-state index contributed by atoms with van der Waals surface area (Å²) in [6.07, 6.45) is 2.70. The number of carbonyl (C=O) groups excluding carboxylic acids is 1. The molecule has 0 amide bonds. The molecule has 0 radical (unpaired) electrons. The van der Waals surface area contributed by atoms with Gasteiger partial charge in [-0.3, -0.25) is 0 Å². The van der Waals surface area contributed by atoms with E-state index in [4.69, 9.17) is 0 Å². The molecule has 21 heavy (non-hydrogen) atoms. The molecule has 1 heterocycles. The first-order chi connectivity index (χ1) is 9.86. The van der Waals surface area contributed by atoms with Gasteiger partial charge in [0.1, 0.15) is 0 Å². The van der Waals surface area contributed by atoms with Crippen LogP contribution < -0.4 is 4.90 Å². The van der Waals surface area contributed by atoms with Gasteiger partial charge in [0, 0.05) is 18.3 Å². The summed E-state index contributed by atoms with van der Waals surface area (Å²) in [5.74, 6) is -3.44. The first-order valence-corrected chi connectivity index (χ1v) is 7.67. The Morgan fingerprint density at radius 3 is 2.48 bits per heavy atom. The van der Waals surface area contributed by atoms with Crippen molar-refractivity contribution in [1.82, 2.24) is 0 Å². The van der Waals surface area contributed by atoms with E-state index in [1.807, 2.05) is 0 Å². The Hall–Kier alpha value is -1.96. The van der Waals surface area contributed by atoms with Crippen molar-refractivity contribution in [3.05, 3.63) is 34.9 Å². The molecule has 1 aromatic carbocycles. The van der Waals surface area contributed by atoms with Crippen LogP contribution in [0.4, 0.5) is 14.5 Å². The Labute approximate surface area is 119 Å². The number of nitrogens with zero attached hydrogens (tertiary/aromatic N) is 1. The normalized spacial score (nSPS) is 19.8. The highest BCUT2D eigenvalue weighted by atomic mass is 32.2. The highest BCUT2D eigenvalue weighted by molar-refractivity contribution is 7.96. The number of methoxy groups -OCH3 is 1. The molecule has 1 saturated carbocycles. The minimum absolute atomic E-state index is 0.0243. The van der Waals surface area contributed by atoms with E-state index in [9.17, 15) is 22.0 Å². The number of anilines is 1. The fourth-order valence-corrected chi connectivity index (χ4v) is 3.73. The predicted molar refractivity (Wildman–Crippen MR) is 69.1 cm³/mol. The van der Waals surface area contributed by atoms with Crippen LogP contribution in [0.2, 0.25) is 0 Å². The molecule has 0 saturated heterocycles. The van der Waals surface area contributed by atoms with Crippen molar-refractivity contribution in [2.24, 2.45) is 0 Å². The molecule has 0 unspecified atom stereocenters. The minimum atomic E-state index is -4.23. The van der Waals surface area contributed by atoms with Gasteiger partial charge in [0.15, 0.2) is 16.5 Å². The highest BCUT2D eigenvalue weighted by Gasteiger charge is 2.41. The average molecular weight is 315 g/mol. The summed E-state index contributed by atoms with van der Waals surface area (Å²) >= 11 is 0. The van der Waals surface area contributed by atoms with Crippen LogP contribution in [0.25, 0.3) is 0 Å². The molecule has 1 aliphatic carbocycles. The molecular weight excluding hydrogens is 304 g/mol. The number of benzene rings is 1. The van der Waals surface area contributed by atoms with Gasteiger partial charge in [0.05, 0.1) is 17.7 Å². The van der Waals surface area contributed by atoms with E-state index in [1.165, 1.54) is 4.90 Å². The molecule has 0 bridgehead atoms. The van der Waals surface area contributed by atoms with Crippen LogP contribution >= 0.6 is 0 Å². The molecule has 3 rings (SSSR count). The van der Waals surface area contributed by atoms with E-state index in [2.05, 4.69) is 4.74 Å². The first-order valence-electron chi connectivity index (χ1n) is 6.19. The third-order valence-electron chi connectivity index (χ3n) is 3.44. The fraction of sp³-hybridized carbons (Fsp3) is 0.308. The number of carbonyl (C=O) groups is 1. The van der Waals surface area contributed by atoms with Gasteiger partial charge in [-0.2, -0.15) is 0 Å². The molecule has 0 atom stereocenters. The van der Waals surface area contributed by atoms with Gasteiger partial charge in [0.25, 0.3) is 0 Å². The summed E-state index contributed by atoms with van der Waals surface area (Å²) in [4.78, 5) is 12.2. The minimum Gasteiger partial charge on any atom is -0.465 e. The SMILES string of the molecule is COC(=O)C1=CN(C2CC2)c2cc(F)c(F)cc2S1(=O)=O. The smallest absolute Gasteiger partial charge is 0.351 e. The Morgan fingerprint density at radius 1 is 1.29 bits per heavy atom. The van der Waals surface area contributed by atoms with Crippen molar-refractivity contribution in [2.45, 2.75) is 23.8 Å². The third kappa shape index (κ3) is 2.10. The van der Waals surface area contributed by atoms with Gasteiger partial charge in [-0.1, -0.05) is 0 Å². The lowest BCUT2D eigenvalue weighted by molar-refractivity contribution is -0.135. The first kappa shape index (κ1) is 14.0. The molecule has 0 N–H and O–H groups in total.